The molecule has 3 atom stereocenters. The highest BCUT2D eigenvalue weighted by molar-refractivity contribution is 5.74. The van der Waals surface area contributed by atoms with E-state index in [-0.39, 0.29) is 18.2 Å². The zero-order valence-corrected chi connectivity index (χ0v) is 12.6. The van der Waals surface area contributed by atoms with E-state index in [1.165, 1.54) is 36.0 Å². The Labute approximate surface area is 125 Å². The maximum atomic E-state index is 12.0. The lowest BCUT2D eigenvalue weighted by Crippen LogP contribution is -2.38. The van der Waals surface area contributed by atoms with Crippen molar-refractivity contribution in [3.05, 3.63) is 34.9 Å². The van der Waals surface area contributed by atoms with E-state index in [4.69, 9.17) is 0 Å². The monoisotopic (exact) mass is 288 g/mol. The molecule has 1 aromatic rings. The fourth-order valence-electron chi connectivity index (χ4n) is 3.72. The summed E-state index contributed by atoms with van der Waals surface area (Å²) in [5.41, 5.74) is 4.28. The minimum absolute atomic E-state index is 0.128. The third-order valence-corrected chi connectivity index (χ3v) is 4.69. The molecule has 0 aliphatic heterocycles. The van der Waals surface area contributed by atoms with Crippen LogP contribution in [0.2, 0.25) is 0 Å². The second-order valence-electron chi connectivity index (χ2n) is 6.34. The van der Waals surface area contributed by atoms with Crippen LogP contribution >= 0.6 is 0 Å². The molecule has 2 amide bonds. The van der Waals surface area contributed by atoms with E-state index in [0.29, 0.717) is 18.9 Å². The van der Waals surface area contributed by atoms with Crippen LogP contribution in [0.25, 0.3) is 0 Å². The van der Waals surface area contributed by atoms with Crippen molar-refractivity contribution in [1.29, 1.82) is 0 Å². The lowest BCUT2D eigenvalue weighted by molar-refractivity contribution is 0.183. The molecular formula is C17H24N2O2. The van der Waals surface area contributed by atoms with Gasteiger partial charge in [0, 0.05) is 6.54 Å². The normalized spacial score (nSPS) is 24.3. The van der Waals surface area contributed by atoms with E-state index < -0.39 is 0 Å². The van der Waals surface area contributed by atoms with Crippen LogP contribution < -0.4 is 10.6 Å². The molecule has 3 N–H and O–H groups in total. The fourth-order valence-corrected chi connectivity index (χ4v) is 3.72. The third-order valence-electron chi connectivity index (χ3n) is 4.69. The smallest absolute Gasteiger partial charge is 0.315 e. The first-order valence-electron chi connectivity index (χ1n) is 7.99. The average molecular weight is 288 g/mol. The largest absolute Gasteiger partial charge is 0.393 e. The molecule has 2 aliphatic carbocycles. The van der Waals surface area contributed by atoms with E-state index in [2.05, 4.69) is 28.8 Å². The number of carbonyl (C=O) groups is 1. The van der Waals surface area contributed by atoms with E-state index >= 15 is 0 Å². The lowest BCUT2D eigenvalue weighted by atomic mass is 9.84. The van der Waals surface area contributed by atoms with Crippen LogP contribution in [0.3, 0.4) is 0 Å². The average Bonchev–Trinajstić information content (AvgIpc) is 2.79. The number of aryl methyl sites for hydroxylation is 1. The van der Waals surface area contributed by atoms with Crippen LogP contribution in [0.15, 0.2) is 18.2 Å². The van der Waals surface area contributed by atoms with Crippen LogP contribution in [0, 0.1) is 0 Å². The van der Waals surface area contributed by atoms with Crippen LogP contribution in [0.5, 0.6) is 0 Å². The Morgan fingerprint density at radius 3 is 3.14 bits per heavy atom. The van der Waals surface area contributed by atoms with Crippen molar-refractivity contribution in [2.75, 3.05) is 6.54 Å². The van der Waals surface area contributed by atoms with Gasteiger partial charge in [0.05, 0.1) is 12.1 Å². The number of amides is 2. The van der Waals surface area contributed by atoms with Gasteiger partial charge in [-0.25, -0.2) is 4.79 Å². The molecule has 0 radical (unpaired) electrons. The number of rotatable bonds is 4. The fraction of sp³-hybridized carbons (Fsp3) is 0.588. The van der Waals surface area contributed by atoms with Gasteiger partial charge in [0.2, 0.25) is 0 Å². The molecule has 0 heterocycles. The summed E-state index contributed by atoms with van der Waals surface area (Å²) in [7, 11) is 0. The van der Waals surface area contributed by atoms with Crippen molar-refractivity contribution < 1.29 is 9.90 Å². The van der Waals surface area contributed by atoms with Crippen LogP contribution in [-0.4, -0.2) is 23.8 Å². The summed E-state index contributed by atoms with van der Waals surface area (Å²) in [5, 5.41) is 15.1. The van der Waals surface area contributed by atoms with Crippen LogP contribution in [-0.2, 0) is 6.42 Å². The van der Waals surface area contributed by atoms with Gasteiger partial charge in [0.1, 0.15) is 0 Å². The van der Waals surface area contributed by atoms with Crippen molar-refractivity contribution in [2.45, 2.75) is 57.1 Å². The highest BCUT2D eigenvalue weighted by Gasteiger charge is 2.35. The highest BCUT2D eigenvalue weighted by Crippen LogP contribution is 2.47. The molecule has 2 aliphatic rings. The first-order chi connectivity index (χ1) is 10.1. The summed E-state index contributed by atoms with van der Waals surface area (Å²) in [5.74, 6) is 0.618. The molecule has 1 aromatic carbocycles. The number of aliphatic hydroxyl groups excluding tert-OH is 1. The van der Waals surface area contributed by atoms with E-state index in [1.807, 2.05) is 0 Å². The van der Waals surface area contributed by atoms with E-state index in [0.717, 1.165) is 6.42 Å². The Bertz CT molecular complexity index is 528. The summed E-state index contributed by atoms with van der Waals surface area (Å²) in [6.07, 6.45) is 4.91. The van der Waals surface area contributed by atoms with Gasteiger partial charge in [-0.05, 0) is 61.6 Å². The van der Waals surface area contributed by atoms with Crippen molar-refractivity contribution in [2.24, 2.45) is 0 Å². The van der Waals surface area contributed by atoms with Crippen LogP contribution in [0.1, 0.15) is 61.3 Å². The third kappa shape index (κ3) is 3.05. The Morgan fingerprint density at radius 1 is 1.48 bits per heavy atom. The van der Waals surface area contributed by atoms with E-state index in [1.54, 1.807) is 6.92 Å². The molecule has 0 saturated heterocycles. The summed E-state index contributed by atoms with van der Waals surface area (Å²) >= 11 is 0. The second kappa shape index (κ2) is 6.06. The Morgan fingerprint density at radius 2 is 2.33 bits per heavy atom. The minimum atomic E-state index is -0.376. The van der Waals surface area contributed by atoms with Crippen LogP contribution in [0.4, 0.5) is 4.79 Å². The first-order valence-corrected chi connectivity index (χ1v) is 7.99. The van der Waals surface area contributed by atoms with Gasteiger partial charge in [-0.1, -0.05) is 18.2 Å². The summed E-state index contributed by atoms with van der Waals surface area (Å²) in [6, 6.07) is 6.51. The van der Waals surface area contributed by atoms with Gasteiger partial charge < -0.3 is 15.7 Å². The summed E-state index contributed by atoms with van der Waals surface area (Å²) in [4.78, 5) is 12.0. The zero-order valence-electron chi connectivity index (χ0n) is 12.6. The molecule has 0 bridgehead atoms. The van der Waals surface area contributed by atoms with Crippen molar-refractivity contribution >= 4 is 6.03 Å². The Hall–Kier alpha value is -1.55. The Balaban J connectivity index is 1.64. The number of aliphatic hydroxyl groups is 1. The molecule has 4 heteroatoms. The molecule has 3 unspecified atom stereocenters. The minimum Gasteiger partial charge on any atom is -0.393 e. The standard InChI is InChI=1S/C17H24N2O2/c1-11(20)8-9-18-17(21)19-15-10-13-6-2-4-12-5-3-7-14(15)16(12)13/h3,5,7,11,13,15,20H,2,4,6,8-10H2,1H3,(H2,18,19,21). The molecule has 114 valence electrons. The molecule has 0 fully saturated rings. The molecule has 0 spiro atoms. The molecule has 3 rings (SSSR count). The molecule has 0 saturated carbocycles. The molecular weight excluding hydrogens is 264 g/mol. The SMILES string of the molecule is CC(O)CCNC(=O)NC1CC2CCCc3cccc1c32. The zero-order chi connectivity index (χ0) is 14.8. The van der Waals surface area contributed by atoms with Gasteiger partial charge in [0.25, 0.3) is 0 Å². The van der Waals surface area contributed by atoms with Gasteiger partial charge in [-0.2, -0.15) is 0 Å². The second-order valence-corrected chi connectivity index (χ2v) is 6.34. The van der Waals surface area contributed by atoms with Gasteiger partial charge in [-0.15, -0.1) is 0 Å². The summed E-state index contributed by atoms with van der Waals surface area (Å²) < 4.78 is 0. The number of hydrogen-bond donors (Lipinski definition) is 3. The van der Waals surface area contributed by atoms with E-state index in [9.17, 15) is 9.90 Å². The van der Waals surface area contributed by atoms with Gasteiger partial charge >= 0.3 is 6.03 Å². The predicted octanol–water partition coefficient (Wildman–Crippen LogP) is 2.62. The highest BCUT2D eigenvalue weighted by atomic mass is 16.3. The lowest BCUT2D eigenvalue weighted by Gasteiger charge is -2.20. The van der Waals surface area contributed by atoms with Crippen molar-refractivity contribution in [3.8, 4) is 0 Å². The Kier molecular flexibility index (Phi) is 4.15. The number of urea groups is 1. The van der Waals surface area contributed by atoms with Gasteiger partial charge in [-0.3, -0.25) is 0 Å². The maximum Gasteiger partial charge on any atom is 0.315 e. The summed E-state index contributed by atoms with van der Waals surface area (Å²) in [6.45, 7) is 2.24. The topological polar surface area (TPSA) is 61.4 Å². The number of hydrogen-bond acceptors (Lipinski definition) is 2. The quantitative estimate of drug-likeness (QED) is 0.797. The number of benzene rings is 1. The van der Waals surface area contributed by atoms with Crippen molar-refractivity contribution in [1.82, 2.24) is 10.6 Å². The predicted molar refractivity (Wildman–Crippen MR) is 82.3 cm³/mol. The maximum absolute atomic E-state index is 12.0. The number of nitrogens with one attached hydrogen (secondary N) is 2. The molecule has 21 heavy (non-hydrogen) atoms. The van der Waals surface area contributed by atoms with Gasteiger partial charge in [0.15, 0.2) is 0 Å². The molecule has 0 aromatic heterocycles. The van der Waals surface area contributed by atoms with Crippen molar-refractivity contribution in [3.63, 3.8) is 0 Å². The number of carbonyl (C=O) groups excluding carboxylic acids is 1. The molecule has 4 nitrogen and oxygen atoms in total. The first kappa shape index (κ1) is 14.4.